The minimum atomic E-state index is 0.000201. The van der Waals surface area contributed by atoms with Crippen LogP contribution in [0, 0.1) is 6.92 Å². The van der Waals surface area contributed by atoms with Crippen molar-refractivity contribution in [2.45, 2.75) is 38.3 Å². The van der Waals surface area contributed by atoms with E-state index in [4.69, 9.17) is 9.47 Å². The van der Waals surface area contributed by atoms with Gasteiger partial charge in [-0.05, 0) is 37.8 Å². The van der Waals surface area contributed by atoms with Crippen LogP contribution >= 0.6 is 0 Å². The number of likely N-dealkylation sites (tertiary alicyclic amines) is 1. The topological polar surface area (TPSA) is 21.7 Å². The highest BCUT2D eigenvalue weighted by Gasteiger charge is 2.38. The fraction of sp³-hybridized carbons (Fsp3) is 0.647. The van der Waals surface area contributed by atoms with E-state index in [-0.39, 0.29) is 5.60 Å². The van der Waals surface area contributed by atoms with Crippen molar-refractivity contribution in [3.05, 3.63) is 35.4 Å². The van der Waals surface area contributed by atoms with Gasteiger partial charge in [-0.3, -0.25) is 4.90 Å². The summed E-state index contributed by atoms with van der Waals surface area (Å²) in [5.41, 5.74) is 2.84. The molecule has 2 heterocycles. The van der Waals surface area contributed by atoms with Crippen LogP contribution in [0.25, 0.3) is 0 Å². The second-order valence-electron chi connectivity index (χ2n) is 6.15. The first-order valence-corrected chi connectivity index (χ1v) is 7.71. The second-order valence-corrected chi connectivity index (χ2v) is 6.15. The van der Waals surface area contributed by atoms with Crippen molar-refractivity contribution in [2.75, 3.05) is 32.9 Å². The molecule has 2 aliphatic rings. The molecule has 2 saturated heterocycles. The molecule has 0 aromatic heterocycles. The van der Waals surface area contributed by atoms with Crippen molar-refractivity contribution in [1.82, 2.24) is 4.90 Å². The third-order valence-electron chi connectivity index (χ3n) is 4.90. The minimum Gasteiger partial charge on any atom is -0.376 e. The van der Waals surface area contributed by atoms with Gasteiger partial charge in [0.2, 0.25) is 0 Å². The van der Waals surface area contributed by atoms with Crippen molar-refractivity contribution >= 4 is 0 Å². The molecule has 2 fully saturated rings. The van der Waals surface area contributed by atoms with Gasteiger partial charge in [0, 0.05) is 19.1 Å². The molecule has 0 unspecified atom stereocenters. The molecule has 0 radical (unpaired) electrons. The molecule has 1 aromatic rings. The fourth-order valence-corrected chi connectivity index (χ4v) is 3.48. The summed E-state index contributed by atoms with van der Waals surface area (Å²) in [4.78, 5) is 2.57. The van der Waals surface area contributed by atoms with Gasteiger partial charge in [-0.2, -0.15) is 0 Å². The van der Waals surface area contributed by atoms with E-state index >= 15 is 0 Å². The van der Waals surface area contributed by atoms with Gasteiger partial charge < -0.3 is 9.47 Å². The maximum absolute atomic E-state index is 6.01. The Kier molecular flexibility index (Phi) is 4.11. The molecule has 110 valence electrons. The number of rotatable bonds is 2. The standard InChI is InChI=1S/C17H25NO2/c1-14-5-3-4-6-16(14)15(2)18-9-7-17(8-10-18)13-19-11-12-20-17/h3-6,15H,7-13H2,1-2H3/t15-/m0/s1. The summed E-state index contributed by atoms with van der Waals surface area (Å²) in [7, 11) is 0. The summed E-state index contributed by atoms with van der Waals surface area (Å²) in [5.74, 6) is 0. The lowest BCUT2D eigenvalue weighted by Gasteiger charge is -2.45. The first kappa shape index (κ1) is 14.1. The molecule has 3 heteroatoms. The number of ether oxygens (including phenoxy) is 2. The van der Waals surface area contributed by atoms with Crippen LogP contribution < -0.4 is 0 Å². The fourth-order valence-electron chi connectivity index (χ4n) is 3.48. The van der Waals surface area contributed by atoms with Gasteiger partial charge in [0.15, 0.2) is 0 Å². The molecule has 0 aliphatic carbocycles. The number of benzene rings is 1. The third kappa shape index (κ3) is 2.76. The van der Waals surface area contributed by atoms with Crippen LogP contribution in [0.15, 0.2) is 24.3 Å². The van der Waals surface area contributed by atoms with E-state index in [1.54, 1.807) is 0 Å². The lowest BCUT2D eigenvalue weighted by molar-refractivity contribution is -0.178. The average Bonchev–Trinajstić information content (AvgIpc) is 2.49. The number of nitrogens with zero attached hydrogens (tertiary/aromatic N) is 1. The van der Waals surface area contributed by atoms with Crippen LogP contribution in [0.1, 0.15) is 36.9 Å². The quantitative estimate of drug-likeness (QED) is 0.828. The number of hydrogen-bond donors (Lipinski definition) is 0. The van der Waals surface area contributed by atoms with Crippen molar-refractivity contribution in [2.24, 2.45) is 0 Å². The van der Waals surface area contributed by atoms with Gasteiger partial charge in [0.25, 0.3) is 0 Å². The highest BCUT2D eigenvalue weighted by Crippen LogP contribution is 2.33. The zero-order chi connectivity index (χ0) is 14.0. The molecule has 3 rings (SSSR count). The largest absolute Gasteiger partial charge is 0.376 e. The second kappa shape index (κ2) is 5.84. The molecular weight excluding hydrogens is 250 g/mol. The van der Waals surface area contributed by atoms with Gasteiger partial charge in [-0.15, -0.1) is 0 Å². The van der Waals surface area contributed by atoms with Crippen molar-refractivity contribution in [1.29, 1.82) is 0 Å². The summed E-state index contributed by atoms with van der Waals surface area (Å²) in [6.07, 6.45) is 2.17. The Labute approximate surface area is 121 Å². The SMILES string of the molecule is Cc1ccccc1[C@H](C)N1CCC2(CC1)COCCO2. The molecule has 2 aliphatic heterocycles. The predicted molar refractivity (Wildman–Crippen MR) is 79.9 cm³/mol. The van der Waals surface area contributed by atoms with Gasteiger partial charge >= 0.3 is 0 Å². The van der Waals surface area contributed by atoms with Crippen LogP contribution in [0.5, 0.6) is 0 Å². The normalized spacial score (nSPS) is 24.7. The predicted octanol–water partition coefficient (Wildman–Crippen LogP) is 2.94. The van der Waals surface area contributed by atoms with Crippen LogP contribution in [0.4, 0.5) is 0 Å². The summed E-state index contributed by atoms with van der Waals surface area (Å²) in [5, 5.41) is 0. The average molecular weight is 275 g/mol. The first-order valence-electron chi connectivity index (χ1n) is 7.71. The zero-order valence-corrected chi connectivity index (χ0v) is 12.6. The monoisotopic (exact) mass is 275 g/mol. The first-order chi connectivity index (χ1) is 9.70. The highest BCUT2D eigenvalue weighted by molar-refractivity contribution is 5.28. The summed E-state index contributed by atoms with van der Waals surface area (Å²) in [6, 6.07) is 9.20. The van der Waals surface area contributed by atoms with E-state index in [1.807, 2.05) is 0 Å². The van der Waals surface area contributed by atoms with E-state index in [0.29, 0.717) is 6.04 Å². The molecule has 0 amide bonds. The third-order valence-corrected chi connectivity index (χ3v) is 4.90. The van der Waals surface area contributed by atoms with E-state index in [9.17, 15) is 0 Å². The summed E-state index contributed by atoms with van der Waals surface area (Å²) >= 11 is 0. The zero-order valence-electron chi connectivity index (χ0n) is 12.6. The highest BCUT2D eigenvalue weighted by atomic mass is 16.6. The van der Waals surface area contributed by atoms with Crippen LogP contribution in [0.2, 0.25) is 0 Å². The Hall–Kier alpha value is -0.900. The van der Waals surface area contributed by atoms with E-state index < -0.39 is 0 Å². The van der Waals surface area contributed by atoms with Gasteiger partial charge in [-0.1, -0.05) is 24.3 Å². The maximum atomic E-state index is 6.01. The van der Waals surface area contributed by atoms with Crippen LogP contribution in [-0.4, -0.2) is 43.4 Å². The Morgan fingerprint density at radius 1 is 1.15 bits per heavy atom. The van der Waals surface area contributed by atoms with E-state index in [0.717, 1.165) is 45.8 Å². The molecule has 20 heavy (non-hydrogen) atoms. The van der Waals surface area contributed by atoms with Crippen LogP contribution in [0.3, 0.4) is 0 Å². The van der Waals surface area contributed by atoms with E-state index in [2.05, 4.69) is 43.0 Å². The molecule has 0 saturated carbocycles. The van der Waals surface area contributed by atoms with Crippen molar-refractivity contribution in [3.63, 3.8) is 0 Å². The van der Waals surface area contributed by atoms with Crippen LogP contribution in [-0.2, 0) is 9.47 Å². The Morgan fingerprint density at radius 2 is 1.90 bits per heavy atom. The molecule has 1 spiro atoms. The lowest BCUT2D eigenvalue weighted by atomic mass is 9.89. The van der Waals surface area contributed by atoms with E-state index in [1.165, 1.54) is 11.1 Å². The maximum Gasteiger partial charge on any atom is 0.0940 e. The number of piperidine rings is 1. The molecule has 1 atom stereocenters. The van der Waals surface area contributed by atoms with Crippen molar-refractivity contribution in [3.8, 4) is 0 Å². The minimum absolute atomic E-state index is 0.000201. The van der Waals surface area contributed by atoms with Crippen molar-refractivity contribution < 1.29 is 9.47 Å². The number of aryl methyl sites for hydroxylation is 1. The van der Waals surface area contributed by atoms with Gasteiger partial charge in [0.1, 0.15) is 0 Å². The molecule has 0 N–H and O–H groups in total. The summed E-state index contributed by atoms with van der Waals surface area (Å²) in [6.45, 7) is 9.00. The smallest absolute Gasteiger partial charge is 0.0940 e. The molecular formula is C17H25NO2. The lowest BCUT2D eigenvalue weighted by Crippen LogP contribution is -2.52. The number of hydrogen-bond acceptors (Lipinski definition) is 3. The Balaban J connectivity index is 1.64. The Morgan fingerprint density at radius 3 is 2.55 bits per heavy atom. The molecule has 0 bridgehead atoms. The molecule has 1 aromatic carbocycles. The molecule has 3 nitrogen and oxygen atoms in total. The van der Waals surface area contributed by atoms with Gasteiger partial charge in [-0.25, -0.2) is 0 Å². The van der Waals surface area contributed by atoms with Gasteiger partial charge in [0.05, 0.1) is 25.4 Å². The summed E-state index contributed by atoms with van der Waals surface area (Å²) < 4.78 is 11.6. The Bertz CT molecular complexity index is 444.